The van der Waals surface area contributed by atoms with E-state index >= 15 is 0 Å². The normalized spacial score (nSPS) is 15.7. The predicted molar refractivity (Wildman–Crippen MR) is 85.1 cm³/mol. The molecular formula is C16H18ClN3O2. The van der Waals surface area contributed by atoms with E-state index in [0.717, 1.165) is 16.5 Å². The van der Waals surface area contributed by atoms with Crippen LogP contribution >= 0.6 is 11.6 Å². The Morgan fingerprint density at radius 1 is 1.32 bits per heavy atom. The van der Waals surface area contributed by atoms with Crippen molar-refractivity contribution in [2.45, 2.75) is 32.3 Å². The molecule has 0 bridgehead atoms. The molecular weight excluding hydrogens is 302 g/mol. The van der Waals surface area contributed by atoms with E-state index in [2.05, 4.69) is 9.97 Å². The van der Waals surface area contributed by atoms with Crippen LogP contribution in [0.1, 0.15) is 32.3 Å². The molecule has 1 saturated heterocycles. The third-order valence-electron chi connectivity index (χ3n) is 3.62. The zero-order chi connectivity index (χ0) is 15.9. The predicted octanol–water partition coefficient (Wildman–Crippen LogP) is 3.62. The molecule has 0 N–H and O–H groups in total. The lowest BCUT2D eigenvalue weighted by Gasteiger charge is -2.40. The molecule has 22 heavy (non-hydrogen) atoms. The number of nitrogens with zero attached hydrogens (tertiary/aromatic N) is 3. The van der Waals surface area contributed by atoms with E-state index in [1.165, 1.54) is 6.33 Å². The van der Waals surface area contributed by atoms with Crippen molar-refractivity contribution in [2.24, 2.45) is 0 Å². The minimum atomic E-state index is -0.462. The second-order valence-electron chi connectivity index (χ2n) is 6.52. The molecule has 1 amide bonds. The average molecular weight is 320 g/mol. The van der Waals surface area contributed by atoms with E-state index < -0.39 is 5.60 Å². The van der Waals surface area contributed by atoms with Crippen molar-refractivity contribution in [2.75, 3.05) is 13.1 Å². The van der Waals surface area contributed by atoms with Crippen LogP contribution in [0.3, 0.4) is 0 Å². The Balaban J connectivity index is 1.70. The van der Waals surface area contributed by atoms with Gasteiger partial charge >= 0.3 is 6.09 Å². The molecule has 0 radical (unpaired) electrons. The number of rotatable bonds is 1. The number of amides is 1. The fourth-order valence-corrected chi connectivity index (χ4v) is 2.66. The standard InChI is InChI=1S/C16H18ClN3O2/c1-16(2,3)22-15(21)20-7-11(8-20)10-4-5-13-12(6-10)14(17)19-9-18-13/h4-6,9,11H,7-8H2,1-3H3. The highest BCUT2D eigenvalue weighted by Crippen LogP contribution is 2.31. The lowest BCUT2D eigenvalue weighted by molar-refractivity contribution is 0.00821. The van der Waals surface area contributed by atoms with Crippen molar-refractivity contribution in [1.82, 2.24) is 14.9 Å². The third-order valence-corrected chi connectivity index (χ3v) is 3.92. The van der Waals surface area contributed by atoms with Crippen LogP contribution in [0.15, 0.2) is 24.5 Å². The van der Waals surface area contributed by atoms with Gasteiger partial charge in [-0.1, -0.05) is 17.7 Å². The van der Waals surface area contributed by atoms with Crippen molar-refractivity contribution in [3.63, 3.8) is 0 Å². The monoisotopic (exact) mass is 319 g/mol. The van der Waals surface area contributed by atoms with Crippen molar-refractivity contribution in [3.05, 3.63) is 35.2 Å². The molecule has 5 nitrogen and oxygen atoms in total. The average Bonchev–Trinajstić information content (AvgIpc) is 2.35. The van der Waals surface area contributed by atoms with Gasteiger partial charge in [0.15, 0.2) is 0 Å². The number of hydrogen-bond donors (Lipinski definition) is 0. The Labute approximate surface area is 134 Å². The van der Waals surface area contributed by atoms with Crippen molar-refractivity contribution < 1.29 is 9.53 Å². The van der Waals surface area contributed by atoms with Crippen LogP contribution in [0.25, 0.3) is 10.9 Å². The molecule has 1 fully saturated rings. The molecule has 0 saturated carbocycles. The van der Waals surface area contributed by atoms with Crippen LogP contribution in [0, 0.1) is 0 Å². The molecule has 3 rings (SSSR count). The molecule has 1 aliphatic rings. The Bertz CT molecular complexity index is 721. The van der Waals surface area contributed by atoms with Gasteiger partial charge in [0, 0.05) is 24.4 Å². The molecule has 1 aromatic heterocycles. The highest BCUT2D eigenvalue weighted by molar-refractivity contribution is 6.34. The van der Waals surface area contributed by atoms with Gasteiger partial charge in [0.25, 0.3) is 0 Å². The number of benzene rings is 1. The number of halogens is 1. The summed E-state index contributed by atoms with van der Waals surface area (Å²) in [6.07, 6.45) is 1.20. The summed E-state index contributed by atoms with van der Waals surface area (Å²) in [5.41, 5.74) is 1.51. The van der Waals surface area contributed by atoms with Gasteiger partial charge in [-0.25, -0.2) is 14.8 Å². The lowest BCUT2D eigenvalue weighted by atomic mass is 9.91. The van der Waals surface area contributed by atoms with Crippen molar-refractivity contribution in [3.8, 4) is 0 Å². The second-order valence-corrected chi connectivity index (χ2v) is 6.88. The Morgan fingerprint density at radius 3 is 2.73 bits per heavy atom. The van der Waals surface area contributed by atoms with Crippen LogP contribution in [0.2, 0.25) is 5.15 Å². The number of fused-ring (bicyclic) bond motifs is 1. The lowest BCUT2D eigenvalue weighted by Crippen LogP contribution is -2.50. The molecule has 6 heteroatoms. The maximum absolute atomic E-state index is 11.9. The van der Waals surface area contributed by atoms with E-state index in [0.29, 0.717) is 24.2 Å². The van der Waals surface area contributed by atoms with Crippen LogP contribution in [-0.4, -0.2) is 39.7 Å². The van der Waals surface area contributed by atoms with Crippen molar-refractivity contribution in [1.29, 1.82) is 0 Å². The highest BCUT2D eigenvalue weighted by atomic mass is 35.5. The second kappa shape index (κ2) is 5.39. The molecule has 2 aromatic rings. The van der Waals surface area contributed by atoms with Crippen LogP contribution in [-0.2, 0) is 4.74 Å². The van der Waals surface area contributed by atoms with Gasteiger partial charge in [0.2, 0.25) is 0 Å². The Hall–Kier alpha value is -1.88. The molecule has 0 spiro atoms. The Kier molecular flexibility index (Phi) is 3.68. The minimum absolute atomic E-state index is 0.258. The number of aromatic nitrogens is 2. The molecule has 0 aliphatic carbocycles. The van der Waals surface area contributed by atoms with Gasteiger partial charge in [0.1, 0.15) is 17.1 Å². The quantitative estimate of drug-likeness (QED) is 0.753. The van der Waals surface area contributed by atoms with E-state index in [4.69, 9.17) is 16.3 Å². The first-order valence-corrected chi connectivity index (χ1v) is 7.59. The summed E-state index contributed by atoms with van der Waals surface area (Å²) in [7, 11) is 0. The number of likely N-dealkylation sites (tertiary alicyclic amines) is 1. The summed E-state index contributed by atoms with van der Waals surface area (Å²) in [4.78, 5) is 21.9. The molecule has 1 aromatic carbocycles. The SMILES string of the molecule is CC(C)(C)OC(=O)N1CC(c2ccc3ncnc(Cl)c3c2)C1. The fraction of sp³-hybridized carbons (Fsp3) is 0.438. The zero-order valence-electron chi connectivity index (χ0n) is 12.8. The van der Waals surface area contributed by atoms with Gasteiger partial charge in [-0.15, -0.1) is 0 Å². The van der Waals surface area contributed by atoms with Crippen LogP contribution in [0.5, 0.6) is 0 Å². The van der Waals surface area contributed by atoms with Gasteiger partial charge in [-0.2, -0.15) is 0 Å². The number of carbonyl (C=O) groups is 1. The summed E-state index contributed by atoms with van der Waals surface area (Å²) < 4.78 is 5.36. The summed E-state index contributed by atoms with van der Waals surface area (Å²) in [5.74, 6) is 0.299. The van der Waals surface area contributed by atoms with E-state index in [1.807, 2.05) is 39.0 Å². The first-order chi connectivity index (χ1) is 10.3. The van der Waals surface area contributed by atoms with Crippen LogP contribution < -0.4 is 0 Å². The smallest absolute Gasteiger partial charge is 0.410 e. The largest absolute Gasteiger partial charge is 0.444 e. The molecule has 116 valence electrons. The molecule has 2 heterocycles. The van der Waals surface area contributed by atoms with Gasteiger partial charge in [0.05, 0.1) is 5.52 Å². The van der Waals surface area contributed by atoms with Crippen LogP contribution in [0.4, 0.5) is 4.79 Å². The highest BCUT2D eigenvalue weighted by Gasteiger charge is 2.34. The first-order valence-electron chi connectivity index (χ1n) is 7.21. The summed E-state index contributed by atoms with van der Waals surface area (Å²) in [6, 6.07) is 5.98. The van der Waals surface area contributed by atoms with Gasteiger partial charge in [-0.05, 0) is 38.5 Å². The fourth-order valence-electron chi connectivity index (χ4n) is 2.46. The number of hydrogen-bond acceptors (Lipinski definition) is 4. The topological polar surface area (TPSA) is 55.3 Å². The van der Waals surface area contributed by atoms with E-state index in [1.54, 1.807) is 4.90 Å². The molecule has 0 unspecified atom stereocenters. The van der Waals surface area contributed by atoms with E-state index in [-0.39, 0.29) is 6.09 Å². The molecule has 0 atom stereocenters. The maximum atomic E-state index is 11.9. The van der Waals surface area contributed by atoms with Crippen molar-refractivity contribution >= 4 is 28.6 Å². The summed E-state index contributed by atoms with van der Waals surface area (Å²) in [5, 5.41) is 1.30. The summed E-state index contributed by atoms with van der Waals surface area (Å²) in [6.45, 7) is 6.92. The van der Waals surface area contributed by atoms with Gasteiger partial charge < -0.3 is 9.64 Å². The maximum Gasteiger partial charge on any atom is 0.410 e. The number of ether oxygens (including phenoxy) is 1. The first kappa shape index (κ1) is 15.0. The summed E-state index contributed by atoms with van der Waals surface area (Å²) >= 11 is 6.11. The van der Waals surface area contributed by atoms with E-state index in [9.17, 15) is 4.79 Å². The zero-order valence-corrected chi connectivity index (χ0v) is 13.6. The van der Waals surface area contributed by atoms with Gasteiger partial charge in [-0.3, -0.25) is 0 Å². The molecule has 1 aliphatic heterocycles. The number of carbonyl (C=O) groups excluding carboxylic acids is 1. The third kappa shape index (κ3) is 2.99. The minimum Gasteiger partial charge on any atom is -0.444 e. The Morgan fingerprint density at radius 2 is 2.05 bits per heavy atom.